The van der Waals surface area contributed by atoms with E-state index in [0.29, 0.717) is 27.7 Å². The van der Waals surface area contributed by atoms with Gasteiger partial charge in [-0.15, -0.1) is 0 Å². The number of aryl methyl sites for hydroxylation is 2. The number of carbonyl (C=O) groups is 2. The third-order valence-corrected chi connectivity index (χ3v) is 9.02. The van der Waals surface area contributed by atoms with Crippen molar-refractivity contribution in [2.24, 2.45) is 0 Å². The van der Waals surface area contributed by atoms with E-state index in [2.05, 4.69) is 10.0 Å². The molecule has 0 spiro atoms. The van der Waals surface area contributed by atoms with Gasteiger partial charge >= 0.3 is 0 Å². The average molecular weight is 586 g/mol. The molecule has 0 fully saturated rings. The summed E-state index contributed by atoms with van der Waals surface area (Å²) in [6, 6.07) is 27.2. The van der Waals surface area contributed by atoms with Crippen LogP contribution in [-0.4, -0.2) is 27.3 Å². The second-order valence-corrected chi connectivity index (χ2v) is 12.1. The number of imide groups is 1. The van der Waals surface area contributed by atoms with Gasteiger partial charge in [-0.25, -0.2) is 13.3 Å². The molecule has 0 aromatic heterocycles. The van der Waals surface area contributed by atoms with Crippen LogP contribution < -0.4 is 19.7 Å². The van der Waals surface area contributed by atoms with Crippen LogP contribution in [0.25, 0.3) is 0 Å². The molecule has 4 aromatic carbocycles. The lowest BCUT2D eigenvalue weighted by Gasteiger charge is -2.16. The SMILES string of the molecule is COc1ccc(NC2=C(Sc3ccc(NS(=O)(=O)c4ccccc4)cc3)C(=O)N(c3ccc(C)c(C)c3)C2=O)cc1. The second-order valence-electron chi connectivity index (χ2n) is 9.32. The van der Waals surface area contributed by atoms with Gasteiger partial charge in [0.15, 0.2) is 0 Å². The van der Waals surface area contributed by atoms with Crippen molar-refractivity contribution < 1.29 is 22.7 Å². The molecule has 1 aliphatic rings. The number of hydrogen-bond donors (Lipinski definition) is 2. The molecular formula is C31H27N3O5S2. The van der Waals surface area contributed by atoms with E-state index in [1.165, 1.54) is 17.0 Å². The van der Waals surface area contributed by atoms with Crippen LogP contribution in [0.3, 0.4) is 0 Å². The molecule has 0 radical (unpaired) electrons. The summed E-state index contributed by atoms with van der Waals surface area (Å²) in [5.74, 6) is -0.260. The van der Waals surface area contributed by atoms with Crippen molar-refractivity contribution >= 4 is 50.7 Å². The number of carbonyl (C=O) groups excluding carboxylic acids is 2. The number of hydrogen-bond acceptors (Lipinski definition) is 7. The third-order valence-electron chi connectivity index (χ3n) is 6.53. The minimum Gasteiger partial charge on any atom is -0.497 e. The van der Waals surface area contributed by atoms with Gasteiger partial charge in [0.25, 0.3) is 21.8 Å². The number of nitrogens with zero attached hydrogens (tertiary/aromatic N) is 1. The number of anilines is 3. The normalized spacial score (nSPS) is 13.5. The van der Waals surface area contributed by atoms with E-state index < -0.39 is 21.8 Å². The van der Waals surface area contributed by atoms with Crippen molar-refractivity contribution in [2.75, 3.05) is 22.0 Å². The van der Waals surface area contributed by atoms with Crippen LogP contribution in [-0.2, 0) is 19.6 Å². The molecule has 1 heterocycles. The first kappa shape index (κ1) is 28.0. The lowest BCUT2D eigenvalue weighted by atomic mass is 10.1. The minimum atomic E-state index is -3.75. The maximum atomic E-state index is 13.7. The molecule has 0 atom stereocenters. The summed E-state index contributed by atoms with van der Waals surface area (Å²) in [4.78, 5) is 29.6. The number of ether oxygens (including phenoxy) is 1. The fourth-order valence-corrected chi connectivity index (χ4v) is 6.16. The number of benzene rings is 4. The lowest BCUT2D eigenvalue weighted by Crippen LogP contribution is -2.32. The maximum absolute atomic E-state index is 13.7. The van der Waals surface area contributed by atoms with Crippen LogP contribution in [0, 0.1) is 13.8 Å². The quantitative estimate of drug-likeness (QED) is 0.229. The lowest BCUT2D eigenvalue weighted by molar-refractivity contribution is -0.120. The molecule has 2 N–H and O–H groups in total. The predicted molar refractivity (Wildman–Crippen MR) is 162 cm³/mol. The van der Waals surface area contributed by atoms with Gasteiger partial charge in [0.1, 0.15) is 16.4 Å². The molecule has 5 rings (SSSR count). The highest BCUT2D eigenvalue weighted by molar-refractivity contribution is 8.04. The van der Waals surface area contributed by atoms with Crippen molar-refractivity contribution in [1.29, 1.82) is 0 Å². The van der Waals surface area contributed by atoms with E-state index in [1.54, 1.807) is 79.9 Å². The Morgan fingerprint density at radius 3 is 2.05 bits per heavy atom. The molecular weight excluding hydrogens is 558 g/mol. The smallest absolute Gasteiger partial charge is 0.283 e. The van der Waals surface area contributed by atoms with E-state index in [1.807, 2.05) is 26.0 Å². The molecule has 0 saturated carbocycles. The second kappa shape index (κ2) is 11.5. The molecule has 0 unspecified atom stereocenters. The van der Waals surface area contributed by atoms with Crippen LogP contribution in [0.15, 0.2) is 117 Å². The topological polar surface area (TPSA) is 105 Å². The molecule has 41 heavy (non-hydrogen) atoms. The minimum absolute atomic E-state index is 0.150. The fourth-order valence-electron chi connectivity index (χ4n) is 4.16. The largest absolute Gasteiger partial charge is 0.497 e. The molecule has 0 aliphatic carbocycles. The molecule has 8 nitrogen and oxygen atoms in total. The summed E-state index contributed by atoms with van der Waals surface area (Å²) in [5.41, 5.74) is 3.63. The van der Waals surface area contributed by atoms with E-state index in [-0.39, 0.29) is 15.5 Å². The highest BCUT2D eigenvalue weighted by atomic mass is 32.2. The van der Waals surface area contributed by atoms with Gasteiger partial charge in [-0.1, -0.05) is 36.0 Å². The van der Waals surface area contributed by atoms with Gasteiger partial charge in [-0.05, 0) is 97.8 Å². The molecule has 208 valence electrons. The zero-order valence-corrected chi connectivity index (χ0v) is 24.2. The van der Waals surface area contributed by atoms with E-state index in [4.69, 9.17) is 4.74 Å². The fraction of sp³-hybridized carbons (Fsp3) is 0.0968. The number of nitrogens with one attached hydrogen (secondary N) is 2. The van der Waals surface area contributed by atoms with Crippen molar-refractivity contribution in [3.05, 3.63) is 119 Å². The molecule has 0 bridgehead atoms. The van der Waals surface area contributed by atoms with E-state index >= 15 is 0 Å². The Labute approximate surface area is 243 Å². The van der Waals surface area contributed by atoms with Crippen LogP contribution in [0.4, 0.5) is 17.1 Å². The number of thioether (sulfide) groups is 1. The van der Waals surface area contributed by atoms with Crippen molar-refractivity contribution in [1.82, 2.24) is 0 Å². The Hall–Kier alpha value is -4.54. The standard InChI is InChI=1S/C31H27N3O5S2/c1-20-9-14-24(19-21(20)2)34-30(35)28(32-22-10-15-25(39-3)16-11-22)29(31(34)36)40-26-17-12-23(13-18-26)33-41(37,38)27-7-5-4-6-8-27/h4-19,32-33H,1-3H3. The first-order valence-corrected chi connectivity index (χ1v) is 14.9. The third kappa shape index (κ3) is 5.98. The van der Waals surface area contributed by atoms with Crippen molar-refractivity contribution in [3.63, 3.8) is 0 Å². The molecule has 2 amide bonds. The van der Waals surface area contributed by atoms with Crippen molar-refractivity contribution in [2.45, 2.75) is 23.6 Å². The summed E-state index contributed by atoms with van der Waals surface area (Å²) in [7, 11) is -2.18. The van der Waals surface area contributed by atoms with E-state index in [9.17, 15) is 18.0 Å². The predicted octanol–water partition coefficient (Wildman–Crippen LogP) is 6.10. The summed E-state index contributed by atoms with van der Waals surface area (Å²) in [5, 5.41) is 3.13. The highest BCUT2D eigenvalue weighted by Crippen LogP contribution is 2.38. The molecule has 0 saturated heterocycles. The van der Waals surface area contributed by atoms with Crippen LogP contribution in [0.2, 0.25) is 0 Å². The number of amides is 2. The summed E-state index contributed by atoms with van der Waals surface area (Å²) >= 11 is 1.13. The number of methoxy groups -OCH3 is 1. The zero-order chi connectivity index (χ0) is 29.1. The van der Waals surface area contributed by atoms with Gasteiger partial charge in [0, 0.05) is 16.3 Å². The maximum Gasteiger partial charge on any atom is 0.283 e. The Balaban J connectivity index is 1.44. The first-order valence-electron chi connectivity index (χ1n) is 12.6. The van der Waals surface area contributed by atoms with Crippen LogP contribution in [0.1, 0.15) is 11.1 Å². The number of rotatable bonds is 9. The van der Waals surface area contributed by atoms with Gasteiger partial charge in [-0.3, -0.25) is 14.3 Å². The summed E-state index contributed by atoms with van der Waals surface area (Å²) in [6.07, 6.45) is 0. The first-order chi connectivity index (χ1) is 19.7. The van der Waals surface area contributed by atoms with Gasteiger partial charge < -0.3 is 10.1 Å². The van der Waals surface area contributed by atoms with Gasteiger partial charge in [0.2, 0.25) is 0 Å². The Bertz CT molecular complexity index is 1750. The Kier molecular flexibility index (Phi) is 7.87. The monoisotopic (exact) mass is 585 g/mol. The van der Waals surface area contributed by atoms with Gasteiger partial charge in [-0.2, -0.15) is 0 Å². The average Bonchev–Trinajstić information content (AvgIpc) is 3.20. The molecule has 1 aliphatic heterocycles. The summed E-state index contributed by atoms with van der Waals surface area (Å²) in [6.45, 7) is 3.89. The van der Waals surface area contributed by atoms with Crippen LogP contribution in [0.5, 0.6) is 5.75 Å². The Morgan fingerprint density at radius 2 is 1.41 bits per heavy atom. The van der Waals surface area contributed by atoms with Crippen molar-refractivity contribution in [3.8, 4) is 5.75 Å². The van der Waals surface area contributed by atoms with E-state index in [0.717, 1.165) is 22.9 Å². The highest BCUT2D eigenvalue weighted by Gasteiger charge is 2.40. The van der Waals surface area contributed by atoms with Gasteiger partial charge in [0.05, 0.1) is 17.7 Å². The Morgan fingerprint density at radius 1 is 0.756 bits per heavy atom. The summed E-state index contributed by atoms with van der Waals surface area (Å²) < 4.78 is 33.2. The zero-order valence-electron chi connectivity index (χ0n) is 22.5. The van der Waals surface area contributed by atoms with Crippen LogP contribution >= 0.6 is 11.8 Å². The molecule has 10 heteroatoms. The number of sulfonamides is 1. The molecule has 4 aromatic rings.